The quantitative estimate of drug-likeness (QED) is 0.545. The minimum atomic E-state index is -4.41. The lowest BCUT2D eigenvalue weighted by Crippen LogP contribution is -2.42. The number of halogens is 3. The van der Waals surface area contributed by atoms with E-state index in [9.17, 15) is 18.0 Å². The standard InChI is InChI=1S/C23H20F3N5O2/c1-14-7-18(15-8-17(33-2)11-27-9-15)29-20-19(14)21(32)31(22(20)5-3-4-6-22)16-10-28-30(12-16)13-23(24,25)26/h3-4,7-12H,5-6,13H2,1-2H3. The normalized spacial score (nSPS) is 16.6. The molecule has 0 atom stereocenters. The van der Waals surface area contributed by atoms with Crippen LogP contribution >= 0.6 is 0 Å². The molecule has 0 radical (unpaired) electrons. The molecule has 0 N–H and O–H groups in total. The smallest absolute Gasteiger partial charge is 0.408 e. The fourth-order valence-corrected chi connectivity index (χ4v) is 4.63. The molecule has 1 aliphatic carbocycles. The number of hydrogen-bond donors (Lipinski definition) is 0. The Hall–Kier alpha value is -3.69. The highest BCUT2D eigenvalue weighted by molar-refractivity contribution is 6.12. The Morgan fingerprint density at radius 3 is 2.61 bits per heavy atom. The topological polar surface area (TPSA) is 73.1 Å². The van der Waals surface area contributed by atoms with Crippen molar-refractivity contribution in [2.24, 2.45) is 0 Å². The van der Waals surface area contributed by atoms with E-state index in [2.05, 4.69) is 10.1 Å². The number of aryl methyl sites for hydroxylation is 1. The number of alkyl halides is 3. The number of rotatable bonds is 4. The molecule has 3 aromatic rings. The highest BCUT2D eigenvalue weighted by atomic mass is 19.4. The number of ether oxygens (including phenoxy) is 1. The van der Waals surface area contributed by atoms with Crippen LogP contribution in [0.25, 0.3) is 11.3 Å². The van der Waals surface area contributed by atoms with Crippen LogP contribution in [0, 0.1) is 6.92 Å². The van der Waals surface area contributed by atoms with Crippen molar-refractivity contribution in [3.8, 4) is 17.0 Å². The van der Waals surface area contributed by atoms with Gasteiger partial charge in [0.2, 0.25) is 0 Å². The first kappa shape index (κ1) is 21.2. The average Bonchev–Trinajstić information content (AvgIpc) is 3.47. The second-order valence-corrected chi connectivity index (χ2v) is 8.22. The number of carbonyl (C=O) groups is 1. The molecule has 1 amide bonds. The second-order valence-electron chi connectivity index (χ2n) is 8.22. The van der Waals surface area contributed by atoms with Crippen molar-refractivity contribution in [2.45, 2.75) is 38.0 Å². The van der Waals surface area contributed by atoms with Crippen LogP contribution in [0.15, 0.2) is 49.1 Å². The third kappa shape index (κ3) is 3.46. The molecule has 1 spiro atoms. The van der Waals surface area contributed by atoms with Gasteiger partial charge in [-0.15, -0.1) is 0 Å². The number of fused-ring (bicyclic) bond motifs is 2. The van der Waals surface area contributed by atoms with Gasteiger partial charge in [-0.25, -0.2) is 4.98 Å². The molecule has 0 saturated carbocycles. The number of anilines is 1. The van der Waals surface area contributed by atoms with E-state index in [0.29, 0.717) is 41.2 Å². The number of nitrogens with zero attached hydrogens (tertiary/aromatic N) is 5. The summed E-state index contributed by atoms with van der Waals surface area (Å²) in [7, 11) is 1.55. The second kappa shape index (κ2) is 7.43. The summed E-state index contributed by atoms with van der Waals surface area (Å²) in [5.41, 5.74) is 2.71. The van der Waals surface area contributed by atoms with Crippen LogP contribution in [-0.2, 0) is 12.1 Å². The van der Waals surface area contributed by atoms with E-state index in [1.165, 1.54) is 12.4 Å². The summed E-state index contributed by atoms with van der Waals surface area (Å²) in [4.78, 5) is 24.2. The van der Waals surface area contributed by atoms with Crippen molar-refractivity contribution in [1.82, 2.24) is 19.7 Å². The zero-order valence-corrected chi connectivity index (χ0v) is 17.9. The van der Waals surface area contributed by atoms with Gasteiger partial charge in [0.1, 0.15) is 12.3 Å². The number of pyridine rings is 2. The van der Waals surface area contributed by atoms with Crippen molar-refractivity contribution in [3.05, 3.63) is 65.9 Å². The van der Waals surface area contributed by atoms with Crippen LogP contribution in [0.4, 0.5) is 18.9 Å². The largest absolute Gasteiger partial charge is 0.495 e. The number of amides is 1. The molecule has 33 heavy (non-hydrogen) atoms. The van der Waals surface area contributed by atoms with Crippen molar-refractivity contribution in [1.29, 1.82) is 0 Å². The molecule has 0 aromatic carbocycles. The first-order valence-electron chi connectivity index (χ1n) is 10.3. The van der Waals surface area contributed by atoms with Gasteiger partial charge >= 0.3 is 6.18 Å². The average molecular weight is 455 g/mol. The molecule has 5 rings (SSSR count). The van der Waals surface area contributed by atoms with Crippen molar-refractivity contribution < 1.29 is 22.7 Å². The summed E-state index contributed by atoms with van der Waals surface area (Å²) >= 11 is 0. The van der Waals surface area contributed by atoms with Gasteiger partial charge in [0.15, 0.2) is 0 Å². The van der Waals surface area contributed by atoms with Crippen LogP contribution in [0.5, 0.6) is 5.75 Å². The van der Waals surface area contributed by atoms with Crippen LogP contribution in [0.3, 0.4) is 0 Å². The molecule has 7 nitrogen and oxygen atoms in total. The van der Waals surface area contributed by atoms with E-state index in [1.807, 2.05) is 31.2 Å². The van der Waals surface area contributed by atoms with Crippen LogP contribution < -0.4 is 9.64 Å². The van der Waals surface area contributed by atoms with E-state index in [0.717, 1.165) is 15.8 Å². The maximum atomic E-state index is 13.6. The van der Waals surface area contributed by atoms with Crippen molar-refractivity contribution >= 4 is 11.6 Å². The van der Waals surface area contributed by atoms with E-state index in [1.54, 1.807) is 24.4 Å². The van der Waals surface area contributed by atoms with E-state index >= 15 is 0 Å². The first-order valence-corrected chi connectivity index (χ1v) is 10.3. The maximum absolute atomic E-state index is 13.6. The Balaban J connectivity index is 1.62. The molecule has 0 fully saturated rings. The van der Waals surface area contributed by atoms with Gasteiger partial charge in [0.25, 0.3) is 5.91 Å². The summed E-state index contributed by atoms with van der Waals surface area (Å²) in [5.74, 6) is 0.292. The van der Waals surface area contributed by atoms with Crippen LogP contribution in [0.2, 0.25) is 0 Å². The minimum Gasteiger partial charge on any atom is -0.495 e. The molecular weight excluding hydrogens is 435 g/mol. The van der Waals surface area contributed by atoms with Gasteiger partial charge in [0.05, 0.1) is 47.7 Å². The van der Waals surface area contributed by atoms with Gasteiger partial charge < -0.3 is 4.74 Å². The van der Waals surface area contributed by atoms with Crippen molar-refractivity contribution in [3.63, 3.8) is 0 Å². The number of carbonyl (C=O) groups excluding carboxylic acids is 1. The Bertz CT molecular complexity index is 1270. The molecule has 0 saturated heterocycles. The van der Waals surface area contributed by atoms with E-state index in [-0.39, 0.29) is 5.91 Å². The van der Waals surface area contributed by atoms with Crippen LogP contribution in [-0.4, -0.2) is 38.9 Å². The van der Waals surface area contributed by atoms with Crippen molar-refractivity contribution in [2.75, 3.05) is 12.0 Å². The lowest BCUT2D eigenvalue weighted by Gasteiger charge is -2.34. The zero-order valence-electron chi connectivity index (χ0n) is 17.9. The minimum absolute atomic E-state index is 0.291. The third-order valence-corrected chi connectivity index (χ3v) is 6.04. The Labute approximate surface area is 187 Å². The predicted octanol–water partition coefficient (Wildman–Crippen LogP) is 4.43. The first-order chi connectivity index (χ1) is 15.7. The molecule has 2 aliphatic rings. The lowest BCUT2D eigenvalue weighted by atomic mass is 9.89. The van der Waals surface area contributed by atoms with Gasteiger partial charge in [0, 0.05) is 18.0 Å². The Morgan fingerprint density at radius 1 is 1.15 bits per heavy atom. The Kier molecular flexibility index (Phi) is 4.77. The maximum Gasteiger partial charge on any atom is 0.408 e. The summed E-state index contributed by atoms with van der Waals surface area (Å²) < 4.78 is 44.6. The fraction of sp³-hybridized carbons (Fsp3) is 0.304. The summed E-state index contributed by atoms with van der Waals surface area (Å²) in [6, 6.07) is 3.64. The monoisotopic (exact) mass is 455 g/mol. The third-order valence-electron chi connectivity index (χ3n) is 6.04. The summed E-state index contributed by atoms with van der Waals surface area (Å²) in [6.07, 6.45) is 6.36. The number of aromatic nitrogens is 4. The molecular formula is C23H20F3N5O2. The van der Waals surface area contributed by atoms with Gasteiger partial charge in [-0.05, 0) is 37.5 Å². The number of methoxy groups -OCH3 is 1. The van der Waals surface area contributed by atoms with E-state index < -0.39 is 18.3 Å². The summed E-state index contributed by atoms with van der Waals surface area (Å²) in [6.45, 7) is 0.611. The molecule has 0 bridgehead atoms. The lowest BCUT2D eigenvalue weighted by molar-refractivity contribution is -0.142. The highest BCUT2D eigenvalue weighted by Gasteiger charge is 2.53. The van der Waals surface area contributed by atoms with Gasteiger partial charge in [-0.2, -0.15) is 18.3 Å². The predicted molar refractivity (Wildman–Crippen MR) is 114 cm³/mol. The Morgan fingerprint density at radius 2 is 1.91 bits per heavy atom. The summed E-state index contributed by atoms with van der Waals surface area (Å²) in [5, 5.41) is 3.84. The van der Waals surface area contributed by atoms with Gasteiger partial charge in [-0.1, -0.05) is 12.2 Å². The number of hydrogen-bond acceptors (Lipinski definition) is 5. The van der Waals surface area contributed by atoms with E-state index in [4.69, 9.17) is 9.72 Å². The SMILES string of the molecule is COc1cncc(-c2cc(C)c3c(n2)C2(CC=CC2)N(c2cnn(CC(F)(F)F)c2)C3=O)c1. The molecule has 3 aromatic heterocycles. The molecule has 0 unspecified atom stereocenters. The van der Waals surface area contributed by atoms with Crippen LogP contribution in [0.1, 0.15) is 34.5 Å². The molecule has 10 heteroatoms. The highest BCUT2D eigenvalue weighted by Crippen LogP contribution is 2.50. The van der Waals surface area contributed by atoms with Gasteiger partial charge in [-0.3, -0.25) is 19.4 Å². The fourth-order valence-electron chi connectivity index (χ4n) is 4.63. The molecule has 4 heterocycles. The molecule has 170 valence electrons. The zero-order chi connectivity index (χ0) is 23.4. The molecule has 1 aliphatic heterocycles.